The first kappa shape index (κ1) is 18.5. The third-order valence-electron chi connectivity index (χ3n) is 4.40. The van der Waals surface area contributed by atoms with Crippen molar-refractivity contribution in [1.82, 2.24) is 15.0 Å². The van der Waals surface area contributed by atoms with Crippen LogP contribution in [0, 0.1) is 10.1 Å². The van der Waals surface area contributed by atoms with E-state index in [1.54, 1.807) is 6.20 Å². The number of benzene rings is 1. The van der Waals surface area contributed by atoms with Gasteiger partial charge in [0, 0.05) is 24.7 Å². The van der Waals surface area contributed by atoms with E-state index in [-0.39, 0.29) is 16.3 Å². The molecule has 144 valence electrons. The molecule has 1 amide bonds. The smallest absolute Gasteiger partial charge is 0.288 e. The van der Waals surface area contributed by atoms with Crippen LogP contribution in [0.1, 0.15) is 29.6 Å². The minimum atomic E-state index is -0.630. The summed E-state index contributed by atoms with van der Waals surface area (Å²) in [6.07, 6.45) is 5.11. The number of hydrogen-bond acceptors (Lipinski definition) is 8. The Kier molecular flexibility index (Phi) is 5.05. The number of hydrogen-bond donors (Lipinski definition) is 1. The molecule has 1 aromatic carbocycles. The second-order valence-electron chi connectivity index (χ2n) is 6.30. The molecule has 9 nitrogen and oxygen atoms in total. The number of nitro benzene ring substituents is 1. The van der Waals surface area contributed by atoms with Gasteiger partial charge in [0.2, 0.25) is 5.95 Å². The van der Waals surface area contributed by atoms with Gasteiger partial charge in [-0.25, -0.2) is 9.97 Å². The van der Waals surface area contributed by atoms with E-state index in [0.29, 0.717) is 21.4 Å². The molecule has 28 heavy (non-hydrogen) atoms. The summed E-state index contributed by atoms with van der Waals surface area (Å²) in [7, 11) is 0. The number of rotatable bonds is 4. The average Bonchev–Trinajstić information content (AvgIpc) is 3.10. The van der Waals surface area contributed by atoms with Crippen molar-refractivity contribution < 1.29 is 9.72 Å². The third-order valence-corrected chi connectivity index (χ3v) is 5.60. The molecule has 0 radical (unpaired) electrons. The lowest BCUT2D eigenvalue weighted by atomic mass is 10.1. The number of thiazole rings is 1. The van der Waals surface area contributed by atoms with Crippen LogP contribution in [-0.2, 0) is 0 Å². The number of nitro groups is 1. The highest BCUT2D eigenvalue weighted by atomic mass is 35.5. The molecule has 1 aliphatic heterocycles. The van der Waals surface area contributed by atoms with Crippen LogP contribution < -0.4 is 10.2 Å². The molecule has 4 rings (SSSR count). The Labute approximate surface area is 168 Å². The molecule has 0 spiro atoms. The lowest BCUT2D eigenvalue weighted by Gasteiger charge is -2.26. The quantitative estimate of drug-likeness (QED) is 0.504. The van der Waals surface area contributed by atoms with Crippen molar-refractivity contribution in [2.75, 3.05) is 23.3 Å². The van der Waals surface area contributed by atoms with Crippen molar-refractivity contribution in [2.45, 2.75) is 19.3 Å². The van der Waals surface area contributed by atoms with Gasteiger partial charge in [-0.15, -0.1) is 0 Å². The maximum atomic E-state index is 12.4. The molecule has 1 fully saturated rings. The Bertz CT molecular complexity index is 1070. The fourth-order valence-electron chi connectivity index (χ4n) is 2.99. The molecule has 0 unspecified atom stereocenters. The van der Waals surface area contributed by atoms with Crippen LogP contribution in [0.15, 0.2) is 24.4 Å². The molecular formula is C17H15ClN6O3S. The number of nitrogens with one attached hydrogen (secondary N) is 1. The predicted octanol–water partition coefficient (Wildman–Crippen LogP) is 3.89. The number of carbonyl (C=O) groups is 1. The number of carbonyl (C=O) groups excluding carboxylic acids is 1. The molecule has 1 N–H and O–H groups in total. The van der Waals surface area contributed by atoms with Crippen molar-refractivity contribution in [3.8, 4) is 0 Å². The van der Waals surface area contributed by atoms with Crippen LogP contribution in [0.5, 0.6) is 0 Å². The topological polar surface area (TPSA) is 114 Å². The van der Waals surface area contributed by atoms with Gasteiger partial charge in [0.1, 0.15) is 10.5 Å². The van der Waals surface area contributed by atoms with Crippen LogP contribution in [0.3, 0.4) is 0 Å². The Hall–Kier alpha value is -2.85. The van der Waals surface area contributed by atoms with Gasteiger partial charge in [-0.1, -0.05) is 22.9 Å². The molecular weight excluding hydrogens is 404 g/mol. The van der Waals surface area contributed by atoms with Gasteiger partial charge in [-0.2, -0.15) is 4.98 Å². The minimum absolute atomic E-state index is 0.0259. The first-order valence-electron chi connectivity index (χ1n) is 8.65. The summed E-state index contributed by atoms with van der Waals surface area (Å²) in [5, 5.41) is 14.0. The monoisotopic (exact) mass is 418 g/mol. The first-order chi connectivity index (χ1) is 13.5. The summed E-state index contributed by atoms with van der Waals surface area (Å²) in [6, 6.07) is 3.88. The fourth-order valence-corrected chi connectivity index (χ4v) is 3.98. The van der Waals surface area contributed by atoms with Gasteiger partial charge in [-0.05, 0) is 31.4 Å². The van der Waals surface area contributed by atoms with E-state index in [9.17, 15) is 14.9 Å². The average molecular weight is 419 g/mol. The van der Waals surface area contributed by atoms with Gasteiger partial charge in [0.25, 0.3) is 11.6 Å². The third kappa shape index (κ3) is 3.73. The zero-order chi connectivity index (χ0) is 19.7. The molecule has 3 heterocycles. The number of aromatic nitrogens is 3. The summed E-state index contributed by atoms with van der Waals surface area (Å²) in [5.41, 5.74) is 0.384. The van der Waals surface area contributed by atoms with Gasteiger partial charge >= 0.3 is 0 Å². The fraction of sp³-hybridized carbons (Fsp3) is 0.294. The van der Waals surface area contributed by atoms with Crippen LogP contribution in [0.25, 0.3) is 10.3 Å². The van der Waals surface area contributed by atoms with Crippen LogP contribution >= 0.6 is 22.9 Å². The Morgan fingerprint density at radius 1 is 1.25 bits per heavy atom. The van der Waals surface area contributed by atoms with Gasteiger partial charge in [-0.3, -0.25) is 20.2 Å². The van der Waals surface area contributed by atoms with E-state index in [2.05, 4.69) is 25.2 Å². The summed E-state index contributed by atoms with van der Waals surface area (Å²) >= 11 is 7.02. The lowest BCUT2D eigenvalue weighted by molar-refractivity contribution is -0.384. The van der Waals surface area contributed by atoms with Crippen molar-refractivity contribution in [2.24, 2.45) is 0 Å². The number of piperidine rings is 1. The van der Waals surface area contributed by atoms with E-state index in [1.165, 1.54) is 29.9 Å². The first-order valence-corrected chi connectivity index (χ1v) is 9.84. The van der Waals surface area contributed by atoms with E-state index < -0.39 is 10.8 Å². The van der Waals surface area contributed by atoms with E-state index >= 15 is 0 Å². The standard InChI is InChI=1S/C17H15ClN6O3S/c18-11-5-4-10(8-13(11)24(26)27)14(25)21-17-20-12-9-19-16(22-15(12)28-17)23-6-2-1-3-7-23/h4-5,8-9H,1-3,6-7H2,(H,20,21,25). The molecule has 0 saturated carbocycles. The van der Waals surface area contributed by atoms with E-state index in [0.717, 1.165) is 32.0 Å². The second kappa shape index (κ2) is 7.64. The molecule has 0 atom stereocenters. The zero-order valence-corrected chi connectivity index (χ0v) is 16.2. The maximum absolute atomic E-state index is 12.4. The van der Waals surface area contributed by atoms with E-state index in [1.807, 2.05) is 0 Å². The largest absolute Gasteiger partial charge is 0.341 e. The second-order valence-corrected chi connectivity index (χ2v) is 7.69. The molecule has 11 heteroatoms. The molecule has 0 bridgehead atoms. The Balaban J connectivity index is 1.55. The Morgan fingerprint density at radius 3 is 2.79 bits per heavy atom. The number of halogens is 1. The molecule has 3 aromatic rings. The van der Waals surface area contributed by atoms with Gasteiger partial charge < -0.3 is 4.90 Å². The van der Waals surface area contributed by atoms with Crippen LogP contribution in [0.4, 0.5) is 16.8 Å². The van der Waals surface area contributed by atoms with Gasteiger partial charge in [0.05, 0.1) is 11.1 Å². The lowest BCUT2D eigenvalue weighted by Crippen LogP contribution is -2.30. The number of amides is 1. The van der Waals surface area contributed by atoms with Crippen LogP contribution in [0.2, 0.25) is 5.02 Å². The normalized spacial score (nSPS) is 14.2. The van der Waals surface area contributed by atoms with Crippen molar-refractivity contribution >= 4 is 56.0 Å². The minimum Gasteiger partial charge on any atom is -0.341 e. The molecule has 0 aliphatic carbocycles. The summed E-state index contributed by atoms with van der Waals surface area (Å²) in [5.74, 6) is 0.157. The maximum Gasteiger partial charge on any atom is 0.288 e. The SMILES string of the molecule is O=C(Nc1nc2cnc(N3CCCCC3)nc2s1)c1ccc(Cl)c([N+](=O)[O-])c1. The summed E-state index contributed by atoms with van der Waals surface area (Å²) in [6.45, 7) is 1.87. The van der Waals surface area contributed by atoms with Gasteiger partial charge in [0.15, 0.2) is 9.96 Å². The number of fused-ring (bicyclic) bond motifs is 1. The molecule has 2 aromatic heterocycles. The zero-order valence-electron chi connectivity index (χ0n) is 14.6. The van der Waals surface area contributed by atoms with Crippen molar-refractivity contribution in [3.05, 3.63) is 45.1 Å². The highest BCUT2D eigenvalue weighted by molar-refractivity contribution is 7.22. The predicted molar refractivity (Wildman–Crippen MR) is 107 cm³/mol. The van der Waals surface area contributed by atoms with Crippen molar-refractivity contribution in [3.63, 3.8) is 0 Å². The number of anilines is 2. The molecule has 1 saturated heterocycles. The number of nitrogens with zero attached hydrogens (tertiary/aromatic N) is 5. The van der Waals surface area contributed by atoms with E-state index in [4.69, 9.17) is 11.6 Å². The Morgan fingerprint density at radius 2 is 2.04 bits per heavy atom. The molecule has 1 aliphatic rings. The summed E-state index contributed by atoms with van der Waals surface area (Å²) < 4.78 is 0. The highest BCUT2D eigenvalue weighted by Gasteiger charge is 2.19. The summed E-state index contributed by atoms with van der Waals surface area (Å²) in [4.78, 5) is 38.9. The van der Waals surface area contributed by atoms with Crippen LogP contribution in [-0.4, -0.2) is 38.9 Å². The highest BCUT2D eigenvalue weighted by Crippen LogP contribution is 2.28. The van der Waals surface area contributed by atoms with Crippen molar-refractivity contribution in [1.29, 1.82) is 0 Å².